The van der Waals surface area contributed by atoms with E-state index in [4.69, 9.17) is 0 Å². The Bertz CT molecular complexity index is 655. The number of halogens is 1. The lowest BCUT2D eigenvalue weighted by atomic mass is 10.2. The third-order valence-corrected chi connectivity index (χ3v) is 6.12. The zero-order chi connectivity index (χ0) is 15.6. The van der Waals surface area contributed by atoms with Gasteiger partial charge in [0.15, 0.2) is 0 Å². The van der Waals surface area contributed by atoms with E-state index < -0.39 is 14.9 Å². The van der Waals surface area contributed by atoms with Crippen LogP contribution in [0, 0.1) is 17.0 Å². The second-order valence-electron chi connectivity index (χ2n) is 4.81. The Morgan fingerprint density at radius 2 is 2.05 bits per heavy atom. The number of nitro benzene ring substituents is 1. The van der Waals surface area contributed by atoms with Gasteiger partial charge in [0.25, 0.3) is 5.69 Å². The second kappa shape index (κ2) is 6.39. The fraction of sp³-hybridized carbons (Fsp3) is 0.500. The van der Waals surface area contributed by atoms with Crippen molar-refractivity contribution in [3.05, 3.63) is 32.3 Å². The smallest absolute Gasteiger partial charge is 0.274 e. The number of hydrogen-bond acceptors (Lipinski definition) is 5. The van der Waals surface area contributed by atoms with Crippen molar-refractivity contribution in [2.45, 2.75) is 18.2 Å². The van der Waals surface area contributed by atoms with Gasteiger partial charge >= 0.3 is 0 Å². The monoisotopic (exact) mass is 377 g/mol. The van der Waals surface area contributed by atoms with E-state index in [1.165, 1.54) is 10.4 Å². The highest BCUT2D eigenvalue weighted by Crippen LogP contribution is 2.31. The van der Waals surface area contributed by atoms with Gasteiger partial charge in [0, 0.05) is 35.7 Å². The van der Waals surface area contributed by atoms with Gasteiger partial charge in [-0.2, -0.15) is 4.31 Å². The molecule has 7 nitrogen and oxygen atoms in total. The summed E-state index contributed by atoms with van der Waals surface area (Å²) in [6.45, 7) is 3.70. The van der Waals surface area contributed by atoms with Crippen molar-refractivity contribution in [2.24, 2.45) is 0 Å². The van der Waals surface area contributed by atoms with Gasteiger partial charge in [-0.15, -0.1) is 0 Å². The van der Waals surface area contributed by atoms with E-state index in [0.29, 0.717) is 36.1 Å². The molecule has 0 aromatic heterocycles. The van der Waals surface area contributed by atoms with E-state index in [1.807, 2.05) is 0 Å². The van der Waals surface area contributed by atoms with Crippen molar-refractivity contribution in [1.29, 1.82) is 0 Å². The van der Waals surface area contributed by atoms with E-state index in [1.54, 1.807) is 6.92 Å². The van der Waals surface area contributed by atoms with Gasteiger partial charge in [-0.05, 0) is 26.0 Å². The standard InChI is InChI=1S/C12H16BrN3O4S/c1-9-11(13)7-10(8-12(9)16(17)18)21(19,20)15-5-2-3-14-4-6-15/h7-8,14H,2-6H2,1H3. The van der Waals surface area contributed by atoms with Gasteiger partial charge in [0.1, 0.15) is 0 Å². The number of nitrogens with zero attached hydrogens (tertiary/aromatic N) is 2. The highest BCUT2D eigenvalue weighted by molar-refractivity contribution is 9.10. The molecule has 1 aliphatic heterocycles. The molecular formula is C12H16BrN3O4S. The lowest BCUT2D eigenvalue weighted by Crippen LogP contribution is -2.34. The number of rotatable bonds is 3. The first-order chi connectivity index (χ1) is 9.84. The first-order valence-electron chi connectivity index (χ1n) is 6.49. The van der Waals surface area contributed by atoms with Crippen molar-refractivity contribution in [1.82, 2.24) is 9.62 Å². The molecule has 0 spiro atoms. The number of hydrogen-bond donors (Lipinski definition) is 1. The summed E-state index contributed by atoms with van der Waals surface area (Å²) in [5.41, 5.74) is 0.215. The van der Waals surface area contributed by atoms with Gasteiger partial charge in [0.2, 0.25) is 10.0 Å². The molecule has 1 saturated heterocycles. The fourth-order valence-electron chi connectivity index (χ4n) is 2.19. The van der Waals surface area contributed by atoms with Crippen molar-refractivity contribution in [3.8, 4) is 0 Å². The second-order valence-corrected chi connectivity index (χ2v) is 7.61. The molecule has 0 saturated carbocycles. The number of nitrogens with one attached hydrogen (secondary N) is 1. The van der Waals surface area contributed by atoms with Crippen LogP contribution in [0.5, 0.6) is 0 Å². The zero-order valence-corrected chi connectivity index (χ0v) is 13.9. The summed E-state index contributed by atoms with van der Waals surface area (Å²) >= 11 is 3.20. The topological polar surface area (TPSA) is 92.6 Å². The van der Waals surface area contributed by atoms with E-state index >= 15 is 0 Å². The van der Waals surface area contributed by atoms with Gasteiger partial charge in [-0.3, -0.25) is 10.1 Å². The number of benzene rings is 1. The maximum atomic E-state index is 12.6. The molecule has 9 heteroatoms. The van der Waals surface area contributed by atoms with Crippen LogP contribution in [-0.4, -0.2) is 43.8 Å². The highest BCUT2D eigenvalue weighted by atomic mass is 79.9. The molecule has 0 aliphatic carbocycles. The molecule has 0 radical (unpaired) electrons. The Hall–Kier alpha value is -1.03. The van der Waals surface area contributed by atoms with Crippen LogP contribution in [0.1, 0.15) is 12.0 Å². The van der Waals surface area contributed by atoms with Crippen molar-refractivity contribution in [2.75, 3.05) is 26.2 Å². The molecule has 0 atom stereocenters. The quantitative estimate of drug-likeness (QED) is 0.638. The number of sulfonamides is 1. The van der Waals surface area contributed by atoms with Gasteiger partial charge < -0.3 is 5.32 Å². The third kappa shape index (κ3) is 3.42. The van der Waals surface area contributed by atoms with Gasteiger partial charge in [0.05, 0.1) is 9.82 Å². The molecule has 116 valence electrons. The minimum atomic E-state index is -3.72. The van der Waals surface area contributed by atoms with Crippen LogP contribution in [0.3, 0.4) is 0 Å². The highest BCUT2D eigenvalue weighted by Gasteiger charge is 2.28. The molecule has 1 heterocycles. The normalized spacial score (nSPS) is 17.4. The van der Waals surface area contributed by atoms with E-state index in [0.717, 1.165) is 12.6 Å². The Morgan fingerprint density at radius 3 is 2.71 bits per heavy atom. The van der Waals surface area contributed by atoms with Crippen molar-refractivity contribution >= 4 is 31.6 Å². The van der Waals surface area contributed by atoms with Gasteiger partial charge in [-0.25, -0.2) is 8.42 Å². The Morgan fingerprint density at radius 1 is 1.33 bits per heavy atom. The molecule has 1 N–H and O–H groups in total. The molecule has 1 fully saturated rings. The summed E-state index contributed by atoms with van der Waals surface area (Å²) in [4.78, 5) is 10.4. The van der Waals surface area contributed by atoms with Crippen LogP contribution < -0.4 is 5.32 Å². The summed E-state index contributed by atoms with van der Waals surface area (Å²) < 4.78 is 27.1. The van der Waals surface area contributed by atoms with Crippen LogP contribution in [0.2, 0.25) is 0 Å². The molecule has 1 aromatic carbocycles. The first-order valence-corrected chi connectivity index (χ1v) is 8.73. The van der Waals surface area contributed by atoms with Crippen LogP contribution in [0.15, 0.2) is 21.5 Å². The van der Waals surface area contributed by atoms with E-state index in [-0.39, 0.29) is 10.6 Å². The van der Waals surface area contributed by atoms with Crippen LogP contribution in [0.4, 0.5) is 5.69 Å². The predicted octanol–water partition coefficient (Wildman–Crippen LogP) is 1.65. The zero-order valence-electron chi connectivity index (χ0n) is 11.5. The summed E-state index contributed by atoms with van der Waals surface area (Å²) in [5, 5.41) is 14.2. The van der Waals surface area contributed by atoms with E-state index in [9.17, 15) is 18.5 Å². The molecule has 21 heavy (non-hydrogen) atoms. The molecule has 1 aromatic rings. The summed E-state index contributed by atoms with van der Waals surface area (Å²) in [6, 6.07) is 2.56. The maximum Gasteiger partial charge on any atom is 0.274 e. The SMILES string of the molecule is Cc1c(Br)cc(S(=O)(=O)N2CCCNCC2)cc1[N+](=O)[O-]. The summed E-state index contributed by atoms with van der Waals surface area (Å²) in [5.74, 6) is 0. The van der Waals surface area contributed by atoms with Crippen LogP contribution in [-0.2, 0) is 10.0 Å². The number of nitro groups is 1. The van der Waals surface area contributed by atoms with Gasteiger partial charge in [-0.1, -0.05) is 15.9 Å². The Kier molecular flexibility index (Phi) is 4.97. The largest absolute Gasteiger partial charge is 0.315 e. The van der Waals surface area contributed by atoms with Crippen LogP contribution in [0.25, 0.3) is 0 Å². The van der Waals surface area contributed by atoms with Crippen molar-refractivity contribution < 1.29 is 13.3 Å². The predicted molar refractivity (Wildman–Crippen MR) is 81.8 cm³/mol. The lowest BCUT2D eigenvalue weighted by Gasteiger charge is -2.20. The van der Waals surface area contributed by atoms with E-state index in [2.05, 4.69) is 21.2 Å². The fourth-order valence-corrected chi connectivity index (χ4v) is 4.32. The first kappa shape index (κ1) is 16.3. The Labute approximate surface area is 131 Å². The van der Waals surface area contributed by atoms with Crippen LogP contribution >= 0.6 is 15.9 Å². The average molecular weight is 378 g/mol. The molecule has 1 aliphatic rings. The lowest BCUT2D eigenvalue weighted by molar-refractivity contribution is -0.385. The molecule has 0 amide bonds. The molecule has 0 bridgehead atoms. The molecular weight excluding hydrogens is 362 g/mol. The minimum Gasteiger partial charge on any atom is -0.315 e. The third-order valence-electron chi connectivity index (χ3n) is 3.42. The molecule has 0 unspecified atom stereocenters. The summed E-state index contributed by atoms with van der Waals surface area (Å²) in [7, 11) is -3.72. The minimum absolute atomic E-state index is 0.0476. The maximum absolute atomic E-state index is 12.6. The Balaban J connectivity index is 2.46. The van der Waals surface area contributed by atoms with Crippen molar-refractivity contribution in [3.63, 3.8) is 0 Å². The summed E-state index contributed by atoms with van der Waals surface area (Å²) in [6.07, 6.45) is 0.717. The average Bonchev–Trinajstić information content (AvgIpc) is 2.70. The molecule has 2 rings (SSSR count).